The zero-order valence-electron chi connectivity index (χ0n) is 22.7. The summed E-state index contributed by atoms with van der Waals surface area (Å²) in [5, 5.41) is 2.04. The lowest BCUT2D eigenvalue weighted by Gasteiger charge is -2.29. The van der Waals surface area contributed by atoms with Gasteiger partial charge in [0.05, 0.1) is 11.1 Å². The fourth-order valence-corrected chi connectivity index (χ4v) is 6.85. The zero-order chi connectivity index (χ0) is 27.9. The molecule has 3 aliphatic rings. The number of fused-ring (bicyclic) bond motifs is 2. The van der Waals surface area contributed by atoms with Gasteiger partial charge in [-0.3, -0.25) is 9.78 Å². The van der Waals surface area contributed by atoms with E-state index in [1.54, 1.807) is 6.07 Å². The molecule has 2 fully saturated rings. The fraction of sp³-hybridized carbons (Fsp3) is 0.333. The maximum atomic E-state index is 14.4. The van der Waals surface area contributed by atoms with E-state index in [-0.39, 0.29) is 18.7 Å². The Labute approximate surface area is 249 Å². The number of ether oxygens (including phenoxy) is 2. The van der Waals surface area contributed by atoms with Gasteiger partial charge in [0, 0.05) is 46.7 Å². The summed E-state index contributed by atoms with van der Waals surface area (Å²) in [5.74, 6) is 1.55. The molecule has 8 heteroatoms. The first-order chi connectivity index (χ1) is 20.0. The maximum Gasteiger partial charge on any atom is 0.254 e. The Morgan fingerprint density at radius 1 is 0.878 bits per heavy atom. The highest BCUT2D eigenvalue weighted by molar-refractivity contribution is 6.35. The molecule has 7 rings (SSSR count). The van der Waals surface area contributed by atoms with Gasteiger partial charge in [-0.25, -0.2) is 0 Å². The molecule has 0 radical (unpaired) electrons. The SMILES string of the molecule is O=C(c1cc(Cc2ccc(Cl)cc2Cl)nc2ccc(-c3ccc4c(c3)OCO4)cc12)N1CCC[C@H]1CN1CCCC1. The summed E-state index contributed by atoms with van der Waals surface area (Å²) in [5.41, 5.74) is 5.19. The summed E-state index contributed by atoms with van der Waals surface area (Å²) < 4.78 is 11.1. The van der Waals surface area contributed by atoms with Gasteiger partial charge in [0.25, 0.3) is 5.91 Å². The third-order valence-electron chi connectivity index (χ3n) is 8.49. The number of carbonyl (C=O) groups is 1. The van der Waals surface area contributed by atoms with E-state index in [4.69, 9.17) is 37.7 Å². The molecule has 2 saturated heterocycles. The van der Waals surface area contributed by atoms with Crippen molar-refractivity contribution in [2.24, 2.45) is 0 Å². The third kappa shape index (κ3) is 5.36. The molecule has 0 saturated carbocycles. The van der Waals surface area contributed by atoms with E-state index in [0.717, 1.165) is 83.8 Å². The van der Waals surface area contributed by atoms with Crippen LogP contribution in [0.3, 0.4) is 0 Å². The molecule has 1 atom stereocenters. The average Bonchev–Trinajstić information content (AvgIpc) is 3.76. The van der Waals surface area contributed by atoms with E-state index >= 15 is 0 Å². The van der Waals surface area contributed by atoms with Gasteiger partial charge >= 0.3 is 0 Å². The molecular formula is C33H31Cl2N3O3. The normalized spacial score (nSPS) is 18.5. The number of halogens is 2. The number of benzene rings is 3. The summed E-state index contributed by atoms with van der Waals surface area (Å²) in [7, 11) is 0. The topological polar surface area (TPSA) is 54.9 Å². The lowest BCUT2D eigenvalue weighted by Crippen LogP contribution is -2.42. The number of pyridine rings is 1. The van der Waals surface area contributed by atoms with Gasteiger partial charge in [-0.1, -0.05) is 41.4 Å². The molecule has 41 heavy (non-hydrogen) atoms. The van der Waals surface area contributed by atoms with Crippen LogP contribution in [0.4, 0.5) is 0 Å². The van der Waals surface area contributed by atoms with Crippen molar-refractivity contribution in [3.05, 3.63) is 87.5 Å². The number of aromatic nitrogens is 1. The number of likely N-dealkylation sites (tertiary alicyclic amines) is 2. The number of hydrogen-bond donors (Lipinski definition) is 0. The van der Waals surface area contributed by atoms with Crippen LogP contribution >= 0.6 is 23.2 Å². The Kier molecular flexibility index (Phi) is 7.23. The van der Waals surface area contributed by atoms with Crippen LogP contribution in [0.25, 0.3) is 22.0 Å². The van der Waals surface area contributed by atoms with Gasteiger partial charge in [-0.05, 0) is 97.9 Å². The summed E-state index contributed by atoms with van der Waals surface area (Å²) in [4.78, 5) is 23.9. The van der Waals surface area contributed by atoms with Gasteiger partial charge in [0.1, 0.15) is 0 Å². The Balaban J connectivity index is 1.29. The van der Waals surface area contributed by atoms with Crippen molar-refractivity contribution in [3.63, 3.8) is 0 Å². The molecule has 210 valence electrons. The van der Waals surface area contributed by atoms with E-state index in [2.05, 4.69) is 15.9 Å². The van der Waals surface area contributed by atoms with E-state index in [1.165, 1.54) is 12.8 Å². The second kappa shape index (κ2) is 11.2. The van der Waals surface area contributed by atoms with Crippen molar-refractivity contribution in [1.29, 1.82) is 0 Å². The van der Waals surface area contributed by atoms with Crippen molar-refractivity contribution in [3.8, 4) is 22.6 Å². The lowest BCUT2D eigenvalue weighted by molar-refractivity contribution is 0.0710. The third-order valence-corrected chi connectivity index (χ3v) is 9.08. The van der Waals surface area contributed by atoms with Crippen molar-refractivity contribution in [2.75, 3.05) is 33.0 Å². The number of carbonyl (C=O) groups excluding carboxylic acids is 1. The lowest BCUT2D eigenvalue weighted by atomic mass is 9.98. The predicted octanol–water partition coefficient (Wildman–Crippen LogP) is 7.23. The number of nitrogens with zero attached hydrogens (tertiary/aromatic N) is 3. The summed E-state index contributed by atoms with van der Waals surface area (Å²) in [6, 6.07) is 19.8. The van der Waals surface area contributed by atoms with Crippen LogP contribution in [0, 0.1) is 0 Å². The molecule has 0 bridgehead atoms. The van der Waals surface area contributed by atoms with Crippen LogP contribution in [0.5, 0.6) is 11.5 Å². The Bertz CT molecular complexity index is 1640. The molecular weight excluding hydrogens is 557 g/mol. The molecule has 0 spiro atoms. The molecule has 0 N–H and O–H groups in total. The van der Waals surface area contributed by atoms with E-state index in [1.807, 2.05) is 48.5 Å². The quantitative estimate of drug-likeness (QED) is 0.238. The second-order valence-corrected chi connectivity index (χ2v) is 12.0. The first kappa shape index (κ1) is 26.6. The van der Waals surface area contributed by atoms with Crippen molar-refractivity contribution in [1.82, 2.24) is 14.8 Å². The van der Waals surface area contributed by atoms with Gasteiger partial charge in [0.15, 0.2) is 11.5 Å². The highest BCUT2D eigenvalue weighted by Crippen LogP contribution is 2.37. The summed E-state index contributed by atoms with van der Waals surface area (Å²) in [6.07, 6.45) is 5.07. The van der Waals surface area contributed by atoms with Crippen LogP contribution in [0.15, 0.2) is 60.7 Å². The van der Waals surface area contributed by atoms with Gasteiger partial charge in [-0.2, -0.15) is 0 Å². The van der Waals surface area contributed by atoms with Crippen LogP contribution in [-0.4, -0.2) is 59.7 Å². The summed E-state index contributed by atoms with van der Waals surface area (Å²) >= 11 is 12.7. The molecule has 3 aliphatic heterocycles. The van der Waals surface area contributed by atoms with Crippen molar-refractivity contribution in [2.45, 2.75) is 38.1 Å². The molecule has 1 aromatic heterocycles. The maximum absolute atomic E-state index is 14.4. The fourth-order valence-electron chi connectivity index (χ4n) is 6.37. The van der Waals surface area contributed by atoms with Crippen molar-refractivity contribution >= 4 is 40.0 Å². The number of amides is 1. The van der Waals surface area contributed by atoms with Gasteiger partial charge < -0.3 is 19.3 Å². The monoisotopic (exact) mass is 587 g/mol. The first-order valence-electron chi connectivity index (χ1n) is 14.3. The van der Waals surface area contributed by atoms with Crippen molar-refractivity contribution < 1.29 is 14.3 Å². The van der Waals surface area contributed by atoms with E-state index < -0.39 is 0 Å². The van der Waals surface area contributed by atoms with Gasteiger partial charge in [-0.15, -0.1) is 0 Å². The van der Waals surface area contributed by atoms with E-state index in [0.29, 0.717) is 22.0 Å². The zero-order valence-corrected chi connectivity index (χ0v) is 24.3. The summed E-state index contributed by atoms with van der Waals surface area (Å²) in [6.45, 7) is 4.21. The average molecular weight is 589 g/mol. The number of hydrogen-bond acceptors (Lipinski definition) is 5. The standard InChI is InChI=1S/C33H31Cl2N3O3/c34-24-8-5-23(29(35)17-24)14-25-18-28(33(39)38-13-3-4-26(38)19-37-11-1-2-12-37)27-15-21(6-9-30(27)36-25)22-7-10-31-32(16-22)41-20-40-31/h5-10,15-18,26H,1-4,11-14,19-20H2/t26-/m0/s1. The molecule has 0 aliphatic carbocycles. The smallest absolute Gasteiger partial charge is 0.254 e. The Hall–Kier alpha value is -3.32. The molecule has 4 heterocycles. The first-order valence-corrected chi connectivity index (χ1v) is 15.1. The minimum absolute atomic E-state index is 0.0744. The number of rotatable bonds is 6. The highest BCUT2D eigenvalue weighted by atomic mass is 35.5. The van der Waals surface area contributed by atoms with Crippen LogP contribution in [-0.2, 0) is 6.42 Å². The Morgan fingerprint density at radius 2 is 1.68 bits per heavy atom. The van der Waals surface area contributed by atoms with Crippen LogP contribution < -0.4 is 9.47 Å². The molecule has 0 unspecified atom stereocenters. The highest BCUT2D eigenvalue weighted by Gasteiger charge is 2.32. The van der Waals surface area contributed by atoms with Crippen LogP contribution in [0.1, 0.15) is 47.3 Å². The van der Waals surface area contributed by atoms with Crippen LogP contribution in [0.2, 0.25) is 10.0 Å². The minimum atomic E-state index is 0.0744. The second-order valence-electron chi connectivity index (χ2n) is 11.2. The van der Waals surface area contributed by atoms with E-state index in [9.17, 15) is 4.79 Å². The predicted molar refractivity (Wildman–Crippen MR) is 162 cm³/mol. The molecule has 3 aromatic carbocycles. The largest absolute Gasteiger partial charge is 0.454 e. The molecule has 1 amide bonds. The Morgan fingerprint density at radius 3 is 2.54 bits per heavy atom. The molecule has 4 aromatic rings. The van der Waals surface area contributed by atoms with Gasteiger partial charge in [0.2, 0.25) is 6.79 Å². The minimum Gasteiger partial charge on any atom is -0.454 e. The molecule has 6 nitrogen and oxygen atoms in total.